The first kappa shape index (κ1) is 12.1. The molecule has 0 radical (unpaired) electrons. The zero-order chi connectivity index (χ0) is 12.4. The van der Waals surface area contributed by atoms with Crippen LogP contribution in [0.3, 0.4) is 0 Å². The molecule has 88 valence electrons. The normalized spacial score (nSPS) is 10.3. The third-order valence-corrected chi connectivity index (χ3v) is 2.95. The quantitative estimate of drug-likeness (QED) is 0.881. The molecule has 0 spiro atoms. The molecular formula is C11H8BrClFN3. The Labute approximate surface area is 111 Å². The Hall–Kier alpha value is -1.33. The van der Waals surface area contributed by atoms with Crippen molar-refractivity contribution in [3.8, 4) is 0 Å². The number of nitrogen functional groups attached to an aromatic ring is 1. The summed E-state index contributed by atoms with van der Waals surface area (Å²) < 4.78 is 14.2. The Morgan fingerprint density at radius 2 is 2.12 bits per heavy atom. The fourth-order valence-corrected chi connectivity index (χ4v) is 1.93. The second kappa shape index (κ2) is 4.89. The summed E-state index contributed by atoms with van der Waals surface area (Å²) in [5.74, 6) is -0.405. The number of nitrogens with zero attached hydrogens (tertiary/aromatic N) is 1. The highest BCUT2D eigenvalue weighted by Crippen LogP contribution is 2.32. The molecule has 3 nitrogen and oxygen atoms in total. The minimum atomic E-state index is -0.405. The lowest BCUT2D eigenvalue weighted by molar-refractivity contribution is 0.632. The van der Waals surface area contributed by atoms with Gasteiger partial charge in [0.1, 0.15) is 5.82 Å². The average molecular weight is 317 g/mol. The van der Waals surface area contributed by atoms with Crippen LogP contribution in [0.4, 0.5) is 21.5 Å². The second-order valence-corrected chi connectivity index (χ2v) is 4.63. The number of nitrogens with one attached hydrogen (secondary N) is 1. The van der Waals surface area contributed by atoms with E-state index in [-0.39, 0.29) is 5.69 Å². The molecule has 0 bridgehead atoms. The van der Waals surface area contributed by atoms with Gasteiger partial charge in [-0.1, -0.05) is 11.6 Å². The van der Waals surface area contributed by atoms with E-state index in [4.69, 9.17) is 17.3 Å². The van der Waals surface area contributed by atoms with Crippen LogP contribution in [0, 0.1) is 5.82 Å². The molecule has 0 aliphatic rings. The van der Waals surface area contributed by atoms with Crippen LogP contribution in [0.2, 0.25) is 5.02 Å². The number of aromatic nitrogens is 1. The minimum Gasteiger partial charge on any atom is -0.396 e. The summed E-state index contributed by atoms with van der Waals surface area (Å²) >= 11 is 9.09. The highest BCUT2D eigenvalue weighted by molar-refractivity contribution is 9.10. The van der Waals surface area contributed by atoms with Gasteiger partial charge in [-0.05, 0) is 34.1 Å². The van der Waals surface area contributed by atoms with Crippen LogP contribution in [0.5, 0.6) is 0 Å². The molecule has 0 unspecified atom stereocenters. The van der Waals surface area contributed by atoms with Gasteiger partial charge >= 0.3 is 0 Å². The summed E-state index contributed by atoms with van der Waals surface area (Å²) in [5.41, 5.74) is 6.98. The van der Waals surface area contributed by atoms with Crippen LogP contribution < -0.4 is 11.1 Å². The minimum absolute atomic E-state index is 0.260. The summed E-state index contributed by atoms with van der Waals surface area (Å²) in [6, 6.07) is 4.26. The van der Waals surface area contributed by atoms with E-state index in [9.17, 15) is 4.39 Å². The van der Waals surface area contributed by atoms with E-state index in [1.165, 1.54) is 24.4 Å². The fourth-order valence-electron chi connectivity index (χ4n) is 1.31. The SMILES string of the molecule is Nc1cncc(Br)c1Nc1cc(Cl)ccc1F. The summed E-state index contributed by atoms with van der Waals surface area (Å²) in [5, 5.41) is 3.32. The maximum absolute atomic E-state index is 13.5. The third-order valence-electron chi connectivity index (χ3n) is 2.12. The highest BCUT2D eigenvalue weighted by atomic mass is 79.9. The Morgan fingerprint density at radius 3 is 2.82 bits per heavy atom. The second-order valence-electron chi connectivity index (χ2n) is 3.33. The molecule has 0 saturated carbocycles. The van der Waals surface area contributed by atoms with E-state index in [1.807, 2.05) is 0 Å². The first-order chi connectivity index (χ1) is 8.08. The number of pyridine rings is 1. The Kier molecular flexibility index (Phi) is 3.49. The van der Waals surface area contributed by atoms with Crippen molar-refractivity contribution in [1.82, 2.24) is 4.98 Å². The van der Waals surface area contributed by atoms with E-state index in [0.717, 1.165) is 0 Å². The lowest BCUT2D eigenvalue weighted by Gasteiger charge is -2.11. The molecule has 1 aromatic carbocycles. The number of hydrogen-bond donors (Lipinski definition) is 2. The van der Waals surface area contributed by atoms with Gasteiger partial charge in [-0.3, -0.25) is 4.98 Å². The first-order valence-electron chi connectivity index (χ1n) is 4.69. The predicted octanol–water partition coefficient (Wildman–Crippen LogP) is 3.96. The topological polar surface area (TPSA) is 50.9 Å². The molecule has 2 rings (SSSR count). The molecular weight excluding hydrogens is 308 g/mol. The number of halogens is 3. The van der Waals surface area contributed by atoms with Crippen molar-refractivity contribution in [1.29, 1.82) is 0 Å². The van der Waals surface area contributed by atoms with Crippen LogP contribution in [-0.2, 0) is 0 Å². The molecule has 17 heavy (non-hydrogen) atoms. The van der Waals surface area contributed by atoms with Gasteiger partial charge in [0.2, 0.25) is 0 Å². The molecule has 0 atom stereocenters. The lowest BCUT2D eigenvalue weighted by Crippen LogP contribution is -1.99. The average Bonchev–Trinajstić information content (AvgIpc) is 2.28. The summed E-state index contributed by atoms with van der Waals surface area (Å²) in [6.07, 6.45) is 3.05. The lowest BCUT2D eigenvalue weighted by atomic mass is 10.2. The van der Waals surface area contributed by atoms with E-state index in [1.54, 1.807) is 6.20 Å². The van der Waals surface area contributed by atoms with Gasteiger partial charge in [-0.15, -0.1) is 0 Å². The molecule has 3 N–H and O–H groups in total. The standard InChI is InChI=1S/C11H8BrClFN3/c12-7-4-16-5-9(15)11(7)17-10-3-6(13)1-2-8(10)14/h1-5H,15H2,(H,16,17). The van der Waals surface area contributed by atoms with Crippen LogP contribution in [-0.4, -0.2) is 4.98 Å². The van der Waals surface area contributed by atoms with Crippen LogP contribution >= 0.6 is 27.5 Å². The van der Waals surface area contributed by atoms with Crippen LogP contribution in [0.1, 0.15) is 0 Å². The van der Waals surface area contributed by atoms with Gasteiger partial charge < -0.3 is 11.1 Å². The van der Waals surface area contributed by atoms with E-state index in [2.05, 4.69) is 26.2 Å². The summed E-state index contributed by atoms with van der Waals surface area (Å²) in [7, 11) is 0. The first-order valence-corrected chi connectivity index (χ1v) is 5.86. The van der Waals surface area contributed by atoms with E-state index >= 15 is 0 Å². The van der Waals surface area contributed by atoms with Crippen LogP contribution in [0.25, 0.3) is 0 Å². The van der Waals surface area contributed by atoms with Crippen molar-refractivity contribution >= 4 is 44.6 Å². The van der Waals surface area contributed by atoms with Gasteiger partial charge in [-0.25, -0.2) is 4.39 Å². The number of hydrogen-bond acceptors (Lipinski definition) is 3. The largest absolute Gasteiger partial charge is 0.396 e. The third kappa shape index (κ3) is 2.68. The monoisotopic (exact) mass is 315 g/mol. The van der Waals surface area contributed by atoms with Crippen LogP contribution in [0.15, 0.2) is 35.1 Å². The van der Waals surface area contributed by atoms with Crippen molar-refractivity contribution in [2.45, 2.75) is 0 Å². The van der Waals surface area contributed by atoms with Crippen molar-refractivity contribution in [2.24, 2.45) is 0 Å². The highest BCUT2D eigenvalue weighted by Gasteiger charge is 2.08. The van der Waals surface area contributed by atoms with E-state index in [0.29, 0.717) is 20.9 Å². The molecule has 6 heteroatoms. The predicted molar refractivity (Wildman–Crippen MR) is 71.0 cm³/mol. The number of rotatable bonds is 2. The molecule has 0 saturated heterocycles. The molecule has 0 aliphatic carbocycles. The Morgan fingerprint density at radius 1 is 1.35 bits per heavy atom. The van der Waals surface area contributed by atoms with Gasteiger partial charge in [-0.2, -0.15) is 0 Å². The summed E-state index contributed by atoms with van der Waals surface area (Å²) in [4.78, 5) is 3.89. The van der Waals surface area contributed by atoms with Gasteiger partial charge in [0.05, 0.1) is 27.7 Å². The molecule has 0 fully saturated rings. The van der Waals surface area contributed by atoms with Crippen molar-refractivity contribution in [3.05, 3.63) is 45.9 Å². The maximum atomic E-state index is 13.5. The summed E-state index contributed by atoms with van der Waals surface area (Å²) in [6.45, 7) is 0. The smallest absolute Gasteiger partial charge is 0.146 e. The molecule has 0 amide bonds. The molecule has 1 heterocycles. The fraction of sp³-hybridized carbons (Fsp3) is 0. The van der Waals surface area contributed by atoms with Gasteiger partial charge in [0.15, 0.2) is 0 Å². The van der Waals surface area contributed by atoms with Gasteiger partial charge in [0.25, 0.3) is 0 Å². The number of anilines is 3. The van der Waals surface area contributed by atoms with Gasteiger partial charge in [0, 0.05) is 11.2 Å². The maximum Gasteiger partial charge on any atom is 0.146 e. The molecule has 1 aromatic heterocycles. The molecule has 0 aliphatic heterocycles. The Balaban J connectivity index is 2.41. The van der Waals surface area contributed by atoms with E-state index < -0.39 is 5.82 Å². The molecule has 2 aromatic rings. The van der Waals surface area contributed by atoms with Crippen molar-refractivity contribution < 1.29 is 4.39 Å². The number of nitrogens with two attached hydrogens (primary N) is 1. The number of benzene rings is 1. The Bertz CT molecular complexity index is 542. The van der Waals surface area contributed by atoms with Crippen molar-refractivity contribution in [2.75, 3.05) is 11.1 Å². The van der Waals surface area contributed by atoms with Crippen molar-refractivity contribution in [3.63, 3.8) is 0 Å². The zero-order valence-corrected chi connectivity index (χ0v) is 10.9. The zero-order valence-electron chi connectivity index (χ0n) is 8.55.